The van der Waals surface area contributed by atoms with Crippen LogP contribution in [0.4, 0.5) is 0 Å². The molecule has 2 N–H and O–H groups in total. The molecule has 0 saturated carbocycles. The molecule has 1 aromatic carbocycles. The molecule has 1 aromatic heterocycles. The quantitative estimate of drug-likeness (QED) is 0.732. The summed E-state index contributed by atoms with van der Waals surface area (Å²) in [7, 11) is -2.91. The van der Waals surface area contributed by atoms with Gasteiger partial charge in [-0.25, -0.2) is 13.4 Å². The van der Waals surface area contributed by atoms with Crippen LogP contribution in [0.2, 0.25) is 0 Å². The molecule has 0 fully saturated rings. The average molecular weight is 372 g/mol. The predicted molar refractivity (Wildman–Crippen MR) is 87.8 cm³/mol. The van der Waals surface area contributed by atoms with E-state index in [1.807, 2.05) is 24.3 Å². The van der Waals surface area contributed by atoms with Crippen LogP contribution in [0.5, 0.6) is 0 Å². The Balaban J connectivity index is 1.89. The second kappa shape index (κ2) is 7.20. The Morgan fingerprint density at radius 1 is 1.38 bits per heavy atom. The number of nitrogens with zero attached hydrogens (tertiary/aromatic N) is 1. The number of benzene rings is 1. The third kappa shape index (κ3) is 4.94. The van der Waals surface area contributed by atoms with Crippen molar-refractivity contribution >= 4 is 25.8 Å². The first-order valence-corrected chi connectivity index (χ1v) is 9.32. The summed E-state index contributed by atoms with van der Waals surface area (Å²) in [5.41, 5.74) is 1.99. The van der Waals surface area contributed by atoms with Crippen molar-refractivity contribution in [3.05, 3.63) is 40.8 Å². The lowest BCUT2D eigenvalue weighted by atomic mass is 10.2. The monoisotopic (exact) mass is 371 g/mol. The number of hydrogen-bond acceptors (Lipinski definition) is 4. The first-order valence-electron chi connectivity index (χ1n) is 6.71. The molecule has 21 heavy (non-hydrogen) atoms. The summed E-state index contributed by atoms with van der Waals surface area (Å²) in [6.45, 7) is 2.61. The van der Waals surface area contributed by atoms with E-state index >= 15 is 0 Å². The summed E-state index contributed by atoms with van der Waals surface area (Å²) < 4.78 is 23.7. The van der Waals surface area contributed by atoms with Gasteiger partial charge in [-0.2, -0.15) is 0 Å². The number of aromatic amines is 1. The van der Waals surface area contributed by atoms with Crippen molar-refractivity contribution in [2.75, 3.05) is 18.1 Å². The molecule has 0 spiro atoms. The van der Waals surface area contributed by atoms with Gasteiger partial charge in [0.05, 0.1) is 24.2 Å². The van der Waals surface area contributed by atoms with Crippen molar-refractivity contribution < 1.29 is 8.42 Å². The first kappa shape index (κ1) is 16.2. The highest BCUT2D eigenvalue weighted by atomic mass is 79.9. The van der Waals surface area contributed by atoms with Crippen LogP contribution in [0.1, 0.15) is 12.7 Å². The maximum absolute atomic E-state index is 11.4. The Morgan fingerprint density at radius 3 is 2.90 bits per heavy atom. The summed E-state index contributed by atoms with van der Waals surface area (Å²) in [4.78, 5) is 7.52. The van der Waals surface area contributed by atoms with Gasteiger partial charge in [-0.15, -0.1) is 0 Å². The van der Waals surface area contributed by atoms with Crippen LogP contribution in [0.25, 0.3) is 11.3 Å². The van der Waals surface area contributed by atoms with Crippen molar-refractivity contribution in [1.29, 1.82) is 0 Å². The molecule has 5 nitrogen and oxygen atoms in total. The van der Waals surface area contributed by atoms with Gasteiger partial charge >= 0.3 is 0 Å². The van der Waals surface area contributed by atoms with Gasteiger partial charge in [-0.05, 0) is 12.1 Å². The lowest BCUT2D eigenvalue weighted by Crippen LogP contribution is -2.23. The second-order valence-corrected chi connectivity index (χ2v) is 8.06. The molecule has 114 valence electrons. The summed E-state index contributed by atoms with van der Waals surface area (Å²) in [5, 5.41) is 3.09. The highest BCUT2D eigenvalue weighted by Crippen LogP contribution is 2.21. The van der Waals surface area contributed by atoms with Gasteiger partial charge in [0.15, 0.2) is 9.84 Å². The standard InChI is InChI=1S/C14H18BrN3O2S/c1-2-21(19,20)7-6-16-10-14-17-9-13(18-14)11-4-3-5-12(15)8-11/h3-5,8-9,16H,2,6-7,10H2,1H3,(H,17,18). The van der Waals surface area contributed by atoms with Crippen molar-refractivity contribution in [2.24, 2.45) is 0 Å². The zero-order chi connectivity index (χ0) is 15.3. The molecule has 0 aliphatic rings. The normalized spacial score (nSPS) is 11.7. The van der Waals surface area contributed by atoms with Gasteiger partial charge in [-0.1, -0.05) is 35.0 Å². The number of imidazole rings is 1. The minimum absolute atomic E-state index is 0.155. The number of H-pyrrole nitrogens is 1. The number of rotatable bonds is 7. The van der Waals surface area contributed by atoms with Crippen LogP contribution in [0.15, 0.2) is 34.9 Å². The molecule has 0 unspecified atom stereocenters. The molecular formula is C14H18BrN3O2S. The van der Waals surface area contributed by atoms with Crippen LogP contribution < -0.4 is 5.32 Å². The summed E-state index contributed by atoms with van der Waals surface area (Å²) in [5.74, 6) is 1.13. The zero-order valence-corrected chi connectivity index (χ0v) is 14.2. The average Bonchev–Trinajstić information content (AvgIpc) is 2.93. The molecule has 0 bridgehead atoms. The lowest BCUT2D eigenvalue weighted by molar-refractivity contribution is 0.591. The van der Waals surface area contributed by atoms with E-state index in [0.29, 0.717) is 13.1 Å². The van der Waals surface area contributed by atoms with E-state index in [1.54, 1.807) is 13.1 Å². The molecule has 0 amide bonds. The molecule has 0 saturated heterocycles. The third-order valence-corrected chi connectivity index (χ3v) is 5.29. The molecule has 2 rings (SSSR count). The van der Waals surface area contributed by atoms with Crippen molar-refractivity contribution in [3.8, 4) is 11.3 Å². The maximum Gasteiger partial charge on any atom is 0.151 e. The molecule has 0 aliphatic carbocycles. The second-order valence-electron chi connectivity index (χ2n) is 4.67. The number of hydrogen-bond donors (Lipinski definition) is 2. The Hall–Kier alpha value is -1.18. The topological polar surface area (TPSA) is 74.8 Å². The summed E-state index contributed by atoms with van der Waals surface area (Å²) >= 11 is 3.44. The first-order chi connectivity index (χ1) is 10.00. The van der Waals surface area contributed by atoms with Gasteiger partial charge in [-0.3, -0.25) is 0 Å². The Bertz CT molecular complexity index is 698. The fourth-order valence-electron chi connectivity index (χ4n) is 1.83. The van der Waals surface area contributed by atoms with Gasteiger partial charge in [0.2, 0.25) is 0 Å². The Labute approximate surface area is 133 Å². The molecule has 0 aliphatic heterocycles. The number of sulfone groups is 1. The van der Waals surface area contributed by atoms with E-state index in [1.165, 1.54) is 0 Å². The number of aromatic nitrogens is 2. The van der Waals surface area contributed by atoms with E-state index in [4.69, 9.17) is 0 Å². The van der Waals surface area contributed by atoms with Crippen LogP contribution in [0, 0.1) is 0 Å². The van der Waals surface area contributed by atoms with E-state index in [2.05, 4.69) is 31.2 Å². The Kier molecular flexibility index (Phi) is 5.55. The van der Waals surface area contributed by atoms with Gasteiger partial charge in [0.25, 0.3) is 0 Å². The molecule has 2 aromatic rings. The number of nitrogens with one attached hydrogen (secondary N) is 2. The zero-order valence-electron chi connectivity index (χ0n) is 11.8. The predicted octanol–water partition coefficient (Wildman–Crippen LogP) is 2.36. The molecule has 0 radical (unpaired) electrons. The minimum Gasteiger partial charge on any atom is -0.341 e. The number of halogens is 1. The van der Waals surface area contributed by atoms with Crippen molar-refractivity contribution in [2.45, 2.75) is 13.5 Å². The van der Waals surface area contributed by atoms with Crippen molar-refractivity contribution in [1.82, 2.24) is 15.3 Å². The SMILES string of the molecule is CCS(=O)(=O)CCNCc1ncc(-c2cccc(Br)c2)[nH]1. The van der Waals surface area contributed by atoms with Gasteiger partial charge in [0, 0.05) is 22.3 Å². The van der Waals surface area contributed by atoms with Crippen LogP contribution in [-0.4, -0.2) is 36.4 Å². The summed E-state index contributed by atoms with van der Waals surface area (Å²) in [6, 6.07) is 7.95. The summed E-state index contributed by atoms with van der Waals surface area (Å²) in [6.07, 6.45) is 1.78. The van der Waals surface area contributed by atoms with E-state index in [9.17, 15) is 8.42 Å². The molecular weight excluding hydrogens is 354 g/mol. The Morgan fingerprint density at radius 2 is 2.19 bits per heavy atom. The van der Waals surface area contributed by atoms with E-state index in [0.717, 1.165) is 21.6 Å². The molecule has 0 atom stereocenters. The van der Waals surface area contributed by atoms with Crippen LogP contribution in [-0.2, 0) is 16.4 Å². The highest BCUT2D eigenvalue weighted by molar-refractivity contribution is 9.10. The van der Waals surface area contributed by atoms with E-state index in [-0.39, 0.29) is 11.5 Å². The molecule has 7 heteroatoms. The third-order valence-electron chi connectivity index (χ3n) is 3.09. The fraction of sp³-hybridized carbons (Fsp3) is 0.357. The maximum atomic E-state index is 11.4. The van der Waals surface area contributed by atoms with Crippen LogP contribution in [0.3, 0.4) is 0 Å². The van der Waals surface area contributed by atoms with Gasteiger partial charge < -0.3 is 10.3 Å². The largest absolute Gasteiger partial charge is 0.341 e. The fourth-order valence-corrected chi connectivity index (χ4v) is 2.98. The lowest BCUT2D eigenvalue weighted by Gasteiger charge is -2.03. The van der Waals surface area contributed by atoms with Crippen LogP contribution >= 0.6 is 15.9 Å². The highest BCUT2D eigenvalue weighted by Gasteiger charge is 2.07. The van der Waals surface area contributed by atoms with Crippen molar-refractivity contribution in [3.63, 3.8) is 0 Å². The van der Waals surface area contributed by atoms with Gasteiger partial charge in [0.1, 0.15) is 5.82 Å². The molecule has 1 heterocycles. The smallest absolute Gasteiger partial charge is 0.151 e. The van der Waals surface area contributed by atoms with E-state index < -0.39 is 9.84 Å². The minimum atomic E-state index is -2.91.